The van der Waals surface area contributed by atoms with Crippen molar-refractivity contribution in [2.24, 2.45) is 5.92 Å². The van der Waals surface area contributed by atoms with Crippen molar-refractivity contribution >= 4 is 0 Å². The molecule has 1 aliphatic heterocycles. The van der Waals surface area contributed by atoms with E-state index in [1.54, 1.807) is 0 Å². The van der Waals surface area contributed by atoms with Gasteiger partial charge >= 0.3 is 0 Å². The van der Waals surface area contributed by atoms with Gasteiger partial charge in [-0.2, -0.15) is 0 Å². The van der Waals surface area contributed by atoms with E-state index in [4.69, 9.17) is 4.74 Å². The van der Waals surface area contributed by atoms with Crippen LogP contribution in [0.2, 0.25) is 0 Å². The first-order valence-electron chi connectivity index (χ1n) is 6.98. The van der Waals surface area contributed by atoms with E-state index in [0.29, 0.717) is 24.8 Å². The molecule has 2 atom stereocenters. The average Bonchev–Trinajstić information content (AvgIpc) is 2.42. The summed E-state index contributed by atoms with van der Waals surface area (Å²) in [5.41, 5.74) is 0.372. The summed E-state index contributed by atoms with van der Waals surface area (Å²) in [6.07, 6.45) is 1.46. The number of halogens is 3. The van der Waals surface area contributed by atoms with Gasteiger partial charge in [-0.3, -0.25) is 0 Å². The van der Waals surface area contributed by atoms with Gasteiger partial charge in [-0.15, -0.1) is 0 Å². The Kier molecular flexibility index (Phi) is 5.05. The van der Waals surface area contributed by atoms with Crippen molar-refractivity contribution in [2.75, 3.05) is 13.2 Å². The van der Waals surface area contributed by atoms with E-state index < -0.39 is 17.5 Å². The van der Waals surface area contributed by atoms with E-state index in [9.17, 15) is 13.2 Å². The summed E-state index contributed by atoms with van der Waals surface area (Å²) in [5.74, 6) is -3.62. The first kappa shape index (κ1) is 15.3. The molecular weight excluding hydrogens is 267 g/mol. The van der Waals surface area contributed by atoms with Crippen molar-refractivity contribution in [3.63, 3.8) is 0 Å². The van der Waals surface area contributed by atoms with Crippen LogP contribution in [0.4, 0.5) is 13.2 Å². The normalized spacial score (nSPS) is 23.3. The van der Waals surface area contributed by atoms with Crippen LogP contribution in [0, 0.1) is 23.4 Å². The third-order valence-electron chi connectivity index (χ3n) is 3.57. The molecule has 1 aliphatic rings. The van der Waals surface area contributed by atoms with Crippen LogP contribution in [-0.4, -0.2) is 19.2 Å². The maximum atomic E-state index is 13.3. The van der Waals surface area contributed by atoms with Crippen LogP contribution < -0.4 is 5.32 Å². The van der Waals surface area contributed by atoms with Gasteiger partial charge in [-0.25, -0.2) is 13.2 Å². The Balaban J connectivity index is 2.19. The minimum atomic E-state index is -1.43. The van der Waals surface area contributed by atoms with Crippen LogP contribution in [0.15, 0.2) is 12.1 Å². The largest absolute Gasteiger partial charge is 0.373 e. The first-order chi connectivity index (χ1) is 9.49. The fraction of sp³-hybridized carbons (Fsp3) is 0.600. The topological polar surface area (TPSA) is 21.3 Å². The molecule has 1 fully saturated rings. The van der Waals surface area contributed by atoms with Gasteiger partial charge in [0.25, 0.3) is 0 Å². The molecule has 0 radical (unpaired) electrons. The third kappa shape index (κ3) is 3.52. The molecule has 1 aromatic carbocycles. The number of ether oxygens (including phenoxy) is 1. The predicted octanol–water partition coefficient (Wildman–Crippen LogP) is 3.57. The molecule has 112 valence electrons. The molecular formula is C15H20F3NO. The van der Waals surface area contributed by atoms with E-state index in [1.807, 2.05) is 13.8 Å². The maximum Gasteiger partial charge on any atom is 0.194 e. The van der Waals surface area contributed by atoms with Crippen molar-refractivity contribution in [1.29, 1.82) is 0 Å². The summed E-state index contributed by atoms with van der Waals surface area (Å²) >= 11 is 0. The number of benzene rings is 1. The monoisotopic (exact) mass is 287 g/mol. The summed E-state index contributed by atoms with van der Waals surface area (Å²) in [7, 11) is 0. The van der Waals surface area contributed by atoms with Crippen LogP contribution >= 0.6 is 0 Å². The standard InChI is InChI=1S/C15H20F3NO/c1-9(2)19-8-10-4-3-5-20-15(10)11-6-12(16)14(18)13(17)7-11/h6-7,9-10,15,19H,3-5,8H2,1-2H3. The lowest BCUT2D eigenvalue weighted by molar-refractivity contribution is -0.0286. The van der Waals surface area contributed by atoms with Crippen molar-refractivity contribution in [3.05, 3.63) is 35.1 Å². The van der Waals surface area contributed by atoms with Gasteiger partial charge < -0.3 is 10.1 Å². The second-order valence-corrected chi connectivity index (χ2v) is 5.56. The molecule has 0 aliphatic carbocycles. The minimum absolute atomic E-state index is 0.135. The average molecular weight is 287 g/mol. The zero-order chi connectivity index (χ0) is 14.7. The Hall–Kier alpha value is -1.07. The second kappa shape index (κ2) is 6.59. The lowest BCUT2D eigenvalue weighted by Crippen LogP contribution is -2.35. The van der Waals surface area contributed by atoms with Gasteiger partial charge in [-0.05, 0) is 30.5 Å². The van der Waals surface area contributed by atoms with Crippen LogP contribution in [0.25, 0.3) is 0 Å². The van der Waals surface area contributed by atoms with E-state index in [-0.39, 0.29) is 12.0 Å². The molecule has 1 saturated heterocycles. The minimum Gasteiger partial charge on any atom is -0.373 e. The molecule has 1 N–H and O–H groups in total. The summed E-state index contributed by atoms with van der Waals surface area (Å²) in [5, 5.41) is 3.31. The fourth-order valence-electron chi connectivity index (χ4n) is 2.55. The smallest absolute Gasteiger partial charge is 0.194 e. The number of hydrogen-bond acceptors (Lipinski definition) is 2. The van der Waals surface area contributed by atoms with Crippen LogP contribution in [-0.2, 0) is 4.74 Å². The maximum absolute atomic E-state index is 13.3. The van der Waals surface area contributed by atoms with E-state index in [0.717, 1.165) is 25.0 Å². The molecule has 1 aromatic rings. The summed E-state index contributed by atoms with van der Waals surface area (Å²) in [6.45, 7) is 5.35. The van der Waals surface area contributed by atoms with Gasteiger partial charge in [0.2, 0.25) is 0 Å². The van der Waals surface area contributed by atoms with Crippen molar-refractivity contribution in [3.8, 4) is 0 Å². The summed E-state index contributed by atoms with van der Waals surface area (Å²) in [4.78, 5) is 0. The van der Waals surface area contributed by atoms with Crippen LogP contribution in [0.5, 0.6) is 0 Å². The summed E-state index contributed by atoms with van der Waals surface area (Å²) < 4.78 is 45.4. The van der Waals surface area contributed by atoms with Crippen LogP contribution in [0.3, 0.4) is 0 Å². The highest BCUT2D eigenvalue weighted by atomic mass is 19.2. The van der Waals surface area contributed by atoms with Crippen molar-refractivity contribution in [2.45, 2.75) is 38.8 Å². The van der Waals surface area contributed by atoms with Gasteiger partial charge in [0.15, 0.2) is 17.5 Å². The van der Waals surface area contributed by atoms with Crippen molar-refractivity contribution in [1.82, 2.24) is 5.32 Å². The Labute approximate surface area is 117 Å². The SMILES string of the molecule is CC(C)NCC1CCCOC1c1cc(F)c(F)c(F)c1. The highest BCUT2D eigenvalue weighted by molar-refractivity contribution is 5.22. The first-order valence-corrected chi connectivity index (χ1v) is 6.98. The zero-order valence-electron chi connectivity index (χ0n) is 11.8. The van der Waals surface area contributed by atoms with E-state index in [1.165, 1.54) is 0 Å². The Morgan fingerprint density at radius 3 is 2.50 bits per heavy atom. The molecule has 5 heteroatoms. The molecule has 2 nitrogen and oxygen atoms in total. The van der Waals surface area contributed by atoms with Gasteiger partial charge in [-0.1, -0.05) is 13.8 Å². The van der Waals surface area contributed by atoms with E-state index >= 15 is 0 Å². The lowest BCUT2D eigenvalue weighted by Gasteiger charge is -2.33. The summed E-state index contributed by atoms with van der Waals surface area (Å²) in [6, 6.07) is 2.41. The van der Waals surface area contributed by atoms with E-state index in [2.05, 4.69) is 5.32 Å². The highest BCUT2D eigenvalue weighted by Gasteiger charge is 2.29. The molecule has 2 rings (SSSR count). The quantitative estimate of drug-likeness (QED) is 0.855. The number of hydrogen-bond donors (Lipinski definition) is 1. The fourth-order valence-corrected chi connectivity index (χ4v) is 2.55. The second-order valence-electron chi connectivity index (χ2n) is 5.56. The molecule has 0 bridgehead atoms. The Morgan fingerprint density at radius 2 is 1.90 bits per heavy atom. The van der Waals surface area contributed by atoms with Crippen molar-refractivity contribution < 1.29 is 17.9 Å². The Morgan fingerprint density at radius 1 is 1.25 bits per heavy atom. The lowest BCUT2D eigenvalue weighted by atomic mass is 9.89. The van der Waals surface area contributed by atoms with Gasteiger partial charge in [0.05, 0.1) is 6.10 Å². The third-order valence-corrected chi connectivity index (χ3v) is 3.57. The molecule has 2 unspecified atom stereocenters. The highest BCUT2D eigenvalue weighted by Crippen LogP contribution is 2.34. The zero-order valence-corrected chi connectivity index (χ0v) is 11.8. The van der Waals surface area contributed by atoms with Gasteiger partial charge in [0, 0.05) is 25.1 Å². The number of nitrogens with one attached hydrogen (secondary N) is 1. The Bertz CT molecular complexity index is 441. The molecule has 0 amide bonds. The molecule has 0 aromatic heterocycles. The molecule has 20 heavy (non-hydrogen) atoms. The van der Waals surface area contributed by atoms with Gasteiger partial charge in [0.1, 0.15) is 0 Å². The van der Waals surface area contributed by atoms with Crippen LogP contribution in [0.1, 0.15) is 38.4 Å². The number of rotatable bonds is 4. The molecule has 1 heterocycles. The molecule has 0 saturated carbocycles. The predicted molar refractivity (Wildman–Crippen MR) is 70.9 cm³/mol. The molecule has 0 spiro atoms.